The van der Waals surface area contributed by atoms with E-state index in [0.29, 0.717) is 13.0 Å². The van der Waals surface area contributed by atoms with Gasteiger partial charge >= 0.3 is 5.97 Å². The minimum Gasteiger partial charge on any atom is -0.453 e. The topological polar surface area (TPSA) is 107 Å². The molecule has 0 bridgehead atoms. The van der Waals surface area contributed by atoms with E-state index in [1.807, 2.05) is 66.7 Å². The molecule has 4 aromatic rings. The maximum atomic E-state index is 12.2. The highest BCUT2D eigenvalue weighted by molar-refractivity contribution is 8.01. The number of amides is 1. The second-order valence-electron chi connectivity index (χ2n) is 9.82. The number of fused-ring (bicyclic) bond motifs is 1. The first-order valence-corrected chi connectivity index (χ1v) is 15.2. The van der Waals surface area contributed by atoms with Crippen molar-refractivity contribution in [3.8, 4) is 0 Å². The molecule has 0 spiro atoms. The van der Waals surface area contributed by atoms with Crippen molar-refractivity contribution in [2.75, 3.05) is 5.75 Å². The SMILES string of the molecule is CC(=O)O[C@@H](C)C(=O)NCc1ccc([C@@H]2O[C@H](CSc3nc4ccccc4s3)C[C@H](c3ccc(CO)cc3)O2)cc1. The monoisotopic (exact) mass is 592 g/mol. The Morgan fingerprint density at radius 2 is 1.76 bits per heavy atom. The van der Waals surface area contributed by atoms with Crippen molar-refractivity contribution >= 4 is 45.2 Å². The number of aliphatic hydroxyl groups excluding tert-OH is 1. The lowest BCUT2D eigenvalue weighted by Crippen LogP contribution is -2.35. The Kier molecular flexibility index (Phi) is 9.68. The number of para-hydroxylation sites is 1. The van der Waals surface area contributed by atoms with Crippen LogP contribution in [0.4, 0.5) is 0 Å². The van der Waals surface area contributed by atoms with Crippen LogP contribution in [-0.4, -0.2) is 39.9 Å². The molecule has 3 aromatic carbocycles. The Morgan fingerprint density at radius 3 is 2.46 bits per heavy atom. The number of aromatic nitrogens is 1. The average Bonchev–Trinajstić information content (AvgIpc) is 3.42. The summed E-state index contributed by atoms with van der Waals surface area (Å²) in [5.41, 5.74) is 4.66. The van der Waals surface area contributed by atoms with Crippen LogP contribution in [0.15, 0.2) is 77.1 Å². The van der Waals surface area contributed by atoms with E-state index in [0.717, 1.165) is 37.9 Å². The van der Waals surface area contributed by atoms with Gasteiger partial charge in [0, 0.05) is 31.2 Å². The molecule has 0 unspecified atom stereocenters. The third-order valence-electron chi connectivity index (χ3n) is 6.71. The lowest BCUT2D eigenvalue weighted by atomic mass is 10.0. The zero-order chi connectivity index (χ0) is 28.8. The molecular weight excluding hydrogens is 560 g/mol. The maximum Gasteiger partial charge on any atom is 0.303 e. The summed E-state index contributed by atoms with van der Waals surface area (Å²) in [4.78, 5) is 28.0. The number of hydrogen-bond donors (Lipinski definition) is 2. The molecule has 4 atom stereocenters. The smallest absolute Gasteiger partial charge is 0.303 e. The van der Waals surface area contributed by atoms with Crippen LogP contribution in [0, 0.1) is 0 Å². The van der Waals surface area contributed by atoms with Gasteiger partial charge in [-0.2, -0.15) is 0 Å². The number of nitrogens with zero attached hydrogens (tertiary/aromatic N) is 1. The van der Waals surface area contributed by atoms with Gasteiger partial charge in [0.25, 0.3) is 5.91 Å². The number of esters is 1. The van der Waals surface area contributed by atoms with Crippen LogP contribution >= 0.6 is 23.1 Å². The number of ether oxygens (including phenoxy) is 3. The molecule has 0 radical (unpaired) electrons. The molecule has 1 aliphatic rings. The van der Waals surface area contributed by atoms with Gasteiger partial charge in [0.05, 0.1) is 29.0 Å². The van der Waals surface area contributed by atoms with Crippen molar-refractivity contribution in [1.29, 1.82) is 0 Å². The normalized spacial score (nSPS) is 19.5. The summed E-state index contributed by atoms with van der Waals surface area (Å²) in [7, 11) is 0. The average molecular weight is 593 g/mol. The van der Waals surface area contributed by atoms with Crippen LogP contribution in [0.5, 0.6) is 0 Å². The highest BCUT2D eigenvalue weighted by Gasteiger charge is 2.32. The van der Waals surface area contributed by atoms with Crippen molar-refractivity contribution in [2.24, 2.45) is 0 Å². The first-order chi connectivity index (χ1) is 19.9. The van der Waals surface area contributed by atoms with E-state index >= 15 is 0 Å². The van der Waals surface area contributed by atoms with E-state index in [1.165, 1.54) is 18.5 Å². The fraction of sp³-hybridized carbons (Fsp3) is 0.323. The van der Waals surface area contributed by atoms with E-state index in [9.17, 15) is 14.7 Å². The largest absolute Gasteiger partial charge is 0.453 e. The summed E-state index contributed by atoms with van der Waals surface area (Å²) in [5, 5.41) is 12.2. The zero-order valence-corrected chi connectivity index (χ0v) is 24.5. The Balaban J connectivity index is 1.27. The predicted octanol–water partition coefficient (Wildman–Crippen LogP) is 5.69. The first-order valence-electron chi connectivity index (χ1n) is 13.4. The van der Waals surface area contributed by atoms with Gasteiger partial charge in [-0.15, -0.1) is 11.3 Å². The molecular formula is C31H32N2O6S2. The summed E-state index contributed by atoms with van der Waals surface area (Å²) < 4.78 is 20.0. The molecule has 1 aromatic heterocycles. The van der Waals surface area contributed by atoms with E-state index in [-0.39, 0.29) is 24.7 Å². The molecule has 5 rings (SSSR count). The minimum absolute atomic E-state index is 0.00552. The Hall–Kier alpha value is -3.28. The van der Waals surface area contributed by atoms with E-state index < -0.39 is 18.4 Å². The molecule has 41 heavy (non-hydrogen) atoms. The predicted molar refractivity (Wildman–Crippen MR) is 158 cm³/mol. The van der Waals surface area contributed by atoms with Gasteiger partial charge in [-0.25, -0.2) is 4.98 Å². The maximum absolute atomic E-state index is 12.2. The van der Waals surface area contributed by atoms with Gasteiger partial charge in [-0.05, 0) is 35.7 Å². The van der Waals surface area contributed by atoms with Gasteiger partial charge in [-0.3, -0.25) is 9.59 Å². The standard InChI is InChI=1S/C31H32N2O6S2/c1-19(37-20(2)35)29(36)32-16-21-7-13-24(14-8-21)30-38-25(15-27(39-30)23-11-9-22(17-34)10-12-23)18-40-31-33-26-5-3-4-6-28(26)41-31/h3-14,19,25,27,30,34H,15-18H2,1-2H3,(H,32,36)/t19-,25-,27+,30+/m0/s1. The molecule has 1 aliphatic heterocycles. The molecule has 1 amide bonds. The molecule has 214 valence electrons. The molecule has 2 N–H and O–H groups in total. The highest BCUT2D eigenvalue weighted by Crippen LogP contribution is 2.40. The fourth-order valence-electron chi connectivity index (χ4n) is 4.53. The van der Waals surface area contributed by atoms with Crippen LogP contribution < -0.4 is 5.32 Å². The minimum atomic E-state index is -0.850. The number of rotatable bonds is 10. The molecule has 1 fully saturated rings. The fourth-order valence-corrected chi connectivity index (χ4v) is 6.64. The van der Waals surface area contributed by atoms with Crippen molar-refractivity contribution in [2.45, 2.75) is 62.4 Å². The number of thioether (sulfide) groups is 1. The Bertz CT molecular complexity index is 1440. The lowest BCUT2D eigenvalue weighted by molar-refractivity contribution is -0.245. The molecule has 2 heterocycles. The highest BCUT2D eigenvalue weighted by atomic mass is 32.2. The third-order valence-corrected chi connectivity index (χ3v) is 9.02. The van der Waals surface area contributed by atoms with E-state index in [1.54, 1.807) is 23.1 Å². The second-order valence-corrected chi connectivity index (χ2v) is 12.1. The van der Waals surface area contributed by atoms with Crippen LogP contribution in [0.3, 0.4) is 0 Å². The summed E-state index contributed by atoms with van der Waals surface area (Å²) in [6.45, 7) is 3.11. The molecule has 0 aliphatic carbocycles. The van der Waals surface area contributed by atoms with Gasteiger partial charge < -0.3 is 24.6 Å². The quantitative estimate of drug-likeness (QED) is 0.179. The Labute approximate surface area is 247 Å². The molecule has 10 heteroatoms. The molecule has 0 saturated carbocycles. The zero-order valence-electron chi connectivity index (χ0n) is 22.8. The van der Waals surface area contributed by atoms with Crippen molar-refractivity contribution in [1.82, 2.24) is 10.3 Å². The summed E-state index contributed by atoms with van der Waals surface area (Å²) in [6.07, 6.45) is -0.979. The van der Waals surface area contributed by atoms with Crippen LogP contribution in [0.2, 0.25) is 0 Å². The first kappa shape index (κ1) is 29.2. The lowest BCUT2D eigenvalue weighted by Gasteiger charge is -2.36. The van der Waals surface area contributed by atoms with Gasteiger partial charge in [0.2, 0.25) is 0 Å². The summed E-state index contributed by atoms with van der Waals surface area (Å²) >= 11 is 3.38. The van der Waals surface area contributed by atoms with Crippen LogP contribution in [0.25, 0.3) is 10.2 Å². The summed E-state index contributed by atoms with van der Waals surface area (Å²) in [5.74, 6) is -0.120. The number of carbonyl (C=O) groups is 2. The molecule has 8 nitrogen and oxygen atoms in total. The number of hydrogen-bond acceptors (Lipinski definition) is 9. The number of nitrogens with one attached hydrogen (secondary N) is 1. The van der Waals surface area contributed by atoms with Crippen molar-refractivity contribution < 1.29 is 28.9 Å². The van der Waals surface area contributed by atoms with Crippen LogP contribution in [-0.2, 0) is 37.0 Å². The Morgan fingerprint density at radius 1 is 1.05 bits per heavy atom. The van der Waals surface area contributed by atoms with E-state index in [4.69, 9.17) is 19.2 Å². The molecule has 1 saturated heterocycles. The number of thiazole rings is 1. The van der Waals surface area contributed by atoms with Gasteiger partial charge in [-0.1, -0.05) is 72.4 Å². The third kappa shape index (κ3) is 7.72. The van der Waals surface area contributed by atoms with Crippen molar-refractivity contribution in [3.63, 3.8) is 0 Å². The van der Waals surface area contributed by atoms with Crippen molar-refractivity contribution in [3.05, 3.63) is 95.1 Å². The van der Waals surface area contributed by atoms with Gasteiger partial charge in [0.15, 0.2) is 16.7 Å². The van der Waals surface area contributed by atoms with Gasteiger partial charge in [0.1, 0.15) is 0 Å². The second kappa shape index (κ2) is 13.6. The van der Waals surface area contributed by atoms with Crippen LogP contribution in [0.1, 0.15) is 54.9 Å². The number of carbonyl (C=O) groups excluding carboxylic acids is 2. The number of aliphatic hydroxyl groups is 1. The summed E-state index contributed by atoms with van der Waals surface area (Å²) in [6, 6.07) is 23.7. The van der Waals surface area contributed by atoms with E-state index in [2.05, 4.69) is 11.4 Å². The number of benzene rings is 3.